The Labute approximate surface area is 127 Å². The highest BCUT2D eigenvalue weighted by Gasteiger charge is 2.39. The molecule has 116 valence electrons. The summed E-state index contributed by atoms with van der Waals surface area (Å²) in [7, 11) is 0. The molecule has 3 nitrogen and oxygen atoms in total. The molecule has 1 aliphatic rings. The summed E-state index contributed by atoms with van der Waals surface area (Å²) in [5, 5.41) is 3.36. The standard InChI is InChI=1S/C18H27NO2/c1-13-7-5-9-18(3,4)17(13)16(20)11-14(2)19-12-15-8-6-10-21-15/h5-8,10,13-14,17,19H,9,11-12H2,1-4H3/t13-,14+,17+/m0/s1. The minimum atomic E-state index is 0.0615. The maximum atomic E-state index is 12.7. The lowest BCUT2D eigenvalue weighted by Crippen LogP contribution is -2.40. The molecule has 0 spiro atoms. The van der Waals surface area contributed by atoms with E-state index in [2.05, 4.69) is 45.2 Å². The normalized spacial score (nSPS) is 25.7. The lowest BCUT2D eigenvalue weighted by molar-refractivity contribution is -0.128. The second-order valence-corrected chi connectivity index (χ2v) is 6.99. The van der Waals surface area contributed by atoms with Crippen molar-refractivity contribution in [2.24, 2.45) is 17.3 Å². The quantitative estimate of drug-likeness (QED) is 0.806. The molecule has 1 aliphatic carbocycles. The lowest BCUT2D eigenvalue weighted by Gasteiger charge is -2.39. The summed E-state index contributed by atoms with van der Waals surface area (Å²) in [6.45, 7) is 9.30. The van der Waals surface area contributed by atoms with Gasteiger partial charge in [0.05, 0.1) is 12.8 Å². The van der Waals surface area contributed by atoms with Crippen LogP contribution in [0.25, 0.3) is 0 Å². The molecule has 0 fully saturated rings. The highest BCUT2D eigenvalue weighted by molar-refractivity contribution is 5.83. The summed E-state index contributed by atoms with van der Waals surface area (Å²) in [5.74, 6) is 1.73. The van der Waals surface area contributed by atoms with Crippen molar-refractivity contribution < 1.29 is 9.21 Å². The third kappa shape index (κ3) is 4.07. The first-order valence-corrected chi connectivity index (χ1v) is 7.85. The van der Waals surface area contributed by atoms with Gasteiger partial charge in [-0.3, -0.25) is 4.79 Å². The topological polar surface area (TPSA) is 42.2 Å². The molecule has 0 unspecified atom stereocenters. The van der Waals surface area contributed by atoms with E-state index < -0.39 is 0 Å². The highest BCUT2D eigenvalue weighted by atomic mass is 16.3. The van der Waals surface area contributed by atoms with Crippen molar-refractivity contribution in [2.45, 2.75) is 53.1 Å². The Morgan fingerprint density at radius 1 is 1.52 bits per heavy atom. The number of hydrogen-bond donors (Lipinski definition) is 1. The van der Waals surface area contributed by atoms with Gasteiger partial charge in [0.25, 0.3) is 0 Å². The maximum Gasteiger partial charge on any atom is 0.138 e. The first-order chi connectivity index (χ1) is 9.90. The number of rotatable bonds is 6. The van der Waals surface area contributed by atoms with Crippen molar-refractivity contribution in [1.82, 2.24) is 5.32 Å². The van der Waals surface area contributed by atoms with Crippen molar-refractivity contribution in [2.75, 3.05) is 0 Å². The van der Waals surface area contributed by atoms with Gasteiger partial charge in [0, 0.05) is 18.4 Å². The van der Waals surface area contributed by atoms with E-state index in [9.17, 15) is 4.79 Å². The van der Waals surface area contributed by atoms with Gasteiger partial charge in [-0.2, -0.15) is 0 Å². The number of carbonyl (C=O) groups is 1. The Bertz CT molecular complexity index is 487. The first-order valence-electron chi connectivity index (χ1n) is 7.85. The Kier molecular flexibility index (Phi) is 5.04. The van der Waals surface area contributed by atoms with Gasteiger partial charge in [-0.1, -0.05) is 32.9 Å². The molecule has 3 heteroatoms. The van der Waals surface area contributed by atoms with E-state index in [0.717, 1.165) is 12.2 Å². The number of carbonyl (C=O) groups excluding carboxylic acids is 1. The van der Waals surface area contributed by atoms with Crippen LogP contribution in [0.2, 0.25) is 0 Å². The predicted molar refractivity (Wildman–Crippen MR) is 84.8 cm³/mol. The van der Waals surface area contributed by atoms with Crippen LogP contribution < -0.4 is 5.32 Å². The minimum Gasteiger partial charge on any atom is -0.468 e. The Balaban J connectivity index is 1.89. The molecule has 0 saturated carbocycles. The van der Waals surface area contributed by atoms with E-state index >= 15 is 0 Å². The number of nitrogens with one attached hydrogen (secondary N) is 1. The molecule has 0 aliphatic heterocycles. The average Bonchev–Trinajstić information content (AvgIpc) is 2.88. The van der Waals surface area contributed by atoms with Gasteiger partial charge in [0.15, 0.2) is 0 Å². The summed E-state index contributed by atoms with van der Waals surface area (Å²) in [4.78, 5) is 12.7. The first kappa shape index (κ1) is 16.0. The van der Waals surface area contributed by atoms with Crippen LogP contribution in [0.5, 0.6) is 0 Å². The molecular weight excluding hydrogens is 262 g/mol. The maximum absolute atomic E-state index is 12.7. The second-order valence-electron chi connectivity index (χ2n) is 6.99. The molecule has 3 atom stereocenters. The fourth-order valence-corrected chi connectivity index (χ4v) is 3.45. The zero-order valence-corrected chi connectivity index (χ0v) is 13.6. The van der Waals surface area contributed by atoms with Crippen molar-refractivity contribution in [3.05, 3.63) is 36.3 Å². The van der Waals surface area contributed by atoms with Gasteiger partial charge < -0.3 is 9.73 Å². The fraction of sp³-hybridized carbons (Fsp3) is 0.611. The predicted octanol–water partition coefficient (Wildman–Crippen LogP) is 3.96. The zero-order chi connectivity index (χ0) is 15.5. The third-order valence-corrected chi connectivity index (χ3v) is 4.51. The van der Waals surface area contributed by atoms with E-state index in [1.54, 1.807) is 6.26 Å². The number of Topliss-reactive ketones (excluding diaryl/α,β-unsaturated/α-hetero) is 1. The van der Waals surface area contributed by atoms with E-state index in [1.165, 1.54) is 0 Å². The second kappa shape index (κ2) is 6.61. The lowest BCUT2D eigenvalue weighted by atomic mass is 9.65. The molecule has 1 N–H and O–H groups in total. The van der Waals surface area contributed by atoms with Gasteiger partial charge in [0.1, 0.15) is 11.5 Å². The number of furan rings is 1. The zero-order valence-electron chi connectivity index (χ0n) is 13.6. The van der Waals surface area contributed by atoms with Gasteiger partial charge >= 0.3 is 0 Å². The van der Waals surface area contributed by atoms with Crippen LogP contribution in [-0.2, 0) is 11.3 Å². The highest BCUT2D eigenvalue weighted by Crippen LogP contribution is 2.41. The minimum absolute atomic E-state index is 0.0615. The molecule has 1 heterocycles. The molecule has 0 bridgehead atoms. The molecule has 0 aromatic carbocycles. The van der Waals surface area contributed by atoms with E-state index in [-0.39, 0.29) is 17.4 Å². The Morgan fingerprint density at radius 3 is 2.90 bits per heavy atom. The van der Waals surface area contributed by atoms with Gasteiger partial charge in [0.2, 0.25) is 0 Å². The summed E-state index contributed by atoms with van der Waals surface area (Å²) in [5.41, 5.74) is 0.0615. The molecule has 2 rings (SSSR count). The van der Waals surface area contributed by atoms with Crippen molar-refractivity contribution in [3.63, 3.8) is 0 Å². The third-order valence-electron chi connectivity index (χ3n) is 4.51. The fourth-order valence-electron chi connectivity index (χ4n) is 3.45. The molecular formula is C18H27NO2. The molecule has 0 amide bonds. The van der Waals surface area contributed by atoms with Crippen LogP contribution in [0.3, 0.4) is 0 Å². The van der Waals surface area contributed by atoms with Crippen LogP contribution in [0.1, 0.15) is 46.3 Å². The average molecular weight is 289 g/mol. The molecule has 0 radical (unpaired) electrons. The van der Waals surface area contributed by atoms with E-state index in [1.807, 2.05) is 12.1 Å². The number of ketones is 1. The van der Waals surface area contributed by atoms with Gasteiger partial charge in [-0.25, -0.2) is 0 Å². The van der Waals surface area contributed by atoms with Crippen LogP contribution in [0.4, 0.5) is 0 Å². The van der Waals surface area contributed by atoms with Crippen molar-refractivity contribution >= 4 is 5.78 Å². The van der Waals surface area contributed by atoms with Crippen molar-refractivity contribution in [1.29, 1.82) is 0 Å². The van der Waals surface area contributed by atoms with Crippen LogP contribution >= 0.6 is 0 Å². The van der Waals surface area contributed by atoms with Gasteiger partial charge in [-0.15, -0.1) is 0 Å². The SMILES string of the molecule is C[C@H](CC(=O)[C@H]1[C@@H](C)C=CCC1(C)C)NCc1ccco1. The molecule has 1 aromatic heterocycles. The molecule has 0 saturated heterocycles. The van der Waals surface area contributed by atoms with E-state index in [4.69, 9.17) is 4.42 Å². The molecule has 21 heavy (non-hydrogen) atoms. The monoisotopic (exact) mass is 289 g/mol. The van der Waals surface area contributed by atoms with Crippen LogP contribution in [-0.4, -0.2) is 11.8 Å². The van der Waals surface area contributed by atoms with Crippen molar-refractivity contribution in [3.8, 4) is 0 Å². The Hall–Kier alpha value is -1.35. The summed E-state index contributed by atoms with van der Waals surface area (Å²) in [6.07, 6.45) is 7.64. The number of hydrogen-bond acceptors (Lipinski definition) is 3. The van der Waals surface area contributed by atoms with Crippen LogP contribution in [0.15, 0.2) is 35.0 Å². The largest absolute Gasteiger partial charge is 0.468 e. The van der Waals surface area contributed by atoms with E-state index in [0.29, 0.717) is 24.7 Å². The summed E-state index contributed by atoms with van der Waals surface area (Å²) < 4.78 is 5.30. The smallest absolute Gasteiger partial charge is 0.138 e. The summed E-state index contributed by atoms with van der Waals surface area (Å²) >= 11 is 0. The summed E-state index contributed by atoms with van der Waals surface area (Å²) in [6, 6.07) is 3.99. The Morgan fingerprint density at radius 2 is 2.29 bits per heavy atom. The van der Waals surface area contributed by atoms with Gasteiger partial charge in [-0.05, 0) is 36.8 Å². The number of allylic oxidation sites excluding steroid dienone is 2. The molecule has 1 aromatic rings. The van der Waals surface area contributed by atoms with Crippen LogP contribution in [0, 0.1) is 17.3 Å².